The second-order valence-electron chi connectivity index (χ2n) is 16.7. The third-order valence-electron chi connectivity index (χ3n) is 11.8. The topological polar surface area (TPSA) is 158 Å². The molecule has 0 atom stereocenters. The number of hydrogen-bond acceptors (Lipinski definition) is 6. The zero-order valence-corrected chi connectivity index (χ0v) is 38.0. The molecule has 1 saturated heterocycles. The maximum atomic E-state index is 12.8. The van der Waals surface area contributed by atoms with Gasteiger partial charge in [0.1, 0.15) is 0 Å². The quantitative estimate of drug-likeness (QED) is 0.0736. The number of ketones is 1. The molecule has 7 rings (SSSR count). The molecular formula is C54H63N5O5. The van der Waals surface area contributed by atoms with Crippen LogP contribution in [0.2, 0.25) is 0 Å². The number of carbonyl (C=O) groups is 5. The molecule has 1 aliphatic heterocycles. The van der Waals surface area contributed by atoms with Crippen LogP contribution in [-0.2, 0) is 33.6 Å². The summed E-state index contributed by atoms with van der Waals surface area (Å²) in [5.74, 6) is -0.296. The molecule has 334 valence electrons. The van der Waals surface area contributed by atoms with Crippen molar-refractivity contribution in [1.82, 2.24) is 14.8 Å². The Morgan fingerprint density at radius 1 is 0.625 bits per heavy atom. The molecule has 1 aliphatic rings. The van der Waals surface area contributed by atoms with Gasteiger partial charge in [-0.25, -0.2) is 0 Å². The number of hydrogen-bond donors (Lipinski definition) is 3. The van der Waals surface area contributed by atoms with E-state index in [9.17, 15) is 24.0 Å². The number of aromatic nitrogens is 1. The fourth-order valence-electron chi connectivity index (χ4n) is 8.33. The third-order valence-corrected chi connectivity index (χ3v) is 11.8. The van der Waals surface area contributed by atoms with Gasteiger partial charge in [-0.1, -0.05) is 123 Å². The molecule has 10 nitrogen and oxygen atoms in total. The van der Waals surface area contributed by atoms with E-state index in [0.717, 1.165) is 58.4 Å². The number of fused-ring (bicyclic) bond motifs is 1. The van der Waals surface area contributed by atoms with Crippen LogP contribution in [0.3, 0.4) is 0 Å². The molecule has 0 radical (unpaired) electrons. The average molecular weight is 862 g/mol. The van der Waals surface area contributed by atoms with E-state index in [2.05, 4.69) is 49.2 Å². The van der Waals surface area contributed by atoms with Gasteiger partial charge in [-0.05, 0) is 117 Å². The van der Waals surface area contributed by atoms with Crippen LogP contribution in [0.1, 0.15) is 111 Å². The molecule has 0 aliphatic carbocycles. The van der Waals surface area contributed by atoms with Crippen LogP contribution in [0.25, 0.3) is 10.9 Å². The van der Waals surface area contributed by atoms with Crippen LogP contribution < -0.4 is 16.8 Å². The minimum Gasteiger partial charge on any atom is -0.369 e. The second-order valence-corrected chi connectivity index (χ2v) is 16.7. The lowest BCUT2D eigenvalue weighted by atomic mass is 9.93. The Morgan fingerprint density at radius 3 is 1.83 bits per heavy atom. The van der Waals surface area contributed by atoms with Crippen molar-refractivity contribution in [2.75, 3.05) is 26.2 Å². The van der Waals surface area contributed by atoms with Gasteiger partial charge in [0.2, 0.25) is 17.7 Å². The summed E-state index contributed by atoms with van der Waals surface area (Å²) in [5.41, 5.74) is 20.2. The maximum absolute atomic E-state index is 12.8. The fraction of sp³-hybridized carbons (Fsp3) is 0.315. The first kappa shape index (κ1) is 48.4. The van der Waals surface area contributed by atoms with Gasteiger partial charge < -0.3 is 21.7 Å². The number of nitrogens with one attached hydrogen (secondary N) is 1. The summed E-state index contributed by atoms with van der Waals surface area (Å²) in [7, 11) is 0. The predicted octanol–water partition coefficient (Wildman–Crippen LogP) is 8.57. The number of carbonyl (C=O) groups excluding carboxylic acids is 5. The number of rotatable bonds is 14. The maximum Gasteiger partial charge on any atom is 0.262 e. The van der Waals surface area contributed by atoms with E-state index in [1.807, 2.05) is 80.6 Å². The number of nitrogens with two attached hydrogens (primary N) is 2. The molecule has 2 heterocycles. The first-order valence-electron chi connectivity index (χ1n) is 22.3. The highest BCUT2D eigenvalue weighted by atomic mass is 16.2. The van der Waals surface area contributed by atoms with Gasteiger partial charge in [0.15, 0.2) is 5.78 Å². The second kappa shape index (κ2) is 23.7. The van der Waals surface area contributed by atoms with E-state index in [-0.39, 0.29) is 30.4 Å². The molecular weight excluding hydrogens is 799 g/mol. The Morgan fingerprint density at radius 2 is 1.20 bits per heavy atom. The van der Waals surface area contributed by atoms with Crippen molar-refractivity contribution < 1.29 is 24.0 Å². The Hall–Kier alpha value is -6.65. The highest BCUT2D eigenvalue weighted by Crippen LogP contribution is 2.27. The molecule has 1 fully saturated rings. The summed E-state index contributed by atoms with van der Waals surface area (Å²) in [6, 6.07) is 37.4. The summed E-state index contributed by atoms with van der Waals surface area (Å²) in [4.78, 5) is 62.3. The van der Waals surface area contributed by atoms with Crippen molar-refractivity contribution in [3.05, 3.63) is 177 Å². The SMILES string of the molecule is Cc1c(CC(=O)NCCCN2CCCCC2)cccc1C(C)C.Cc1c(CC(N)=O)c2ccccc2n1C(=O)c1ccccc1.Cc1c(CC(N)=O)cccc1C(=O)c1ccccc1. The summed E-state index contributed by atoms with van der Waals surface area (Å²) in [6.07, 6.45) is 5.87. The van der Waals surface area contributed by atoms with Gasteiger partial charge in [-0.3, -0.25) is 28.5 Å². The van der Waals surface area contributed by atoms with Gasteiger partial charge >= 0.3 is 0 Å². The van der Waals surface area contributed by atoms with Crippen molar-refractivity contribution >= 4 is 40.3 Å². The smallest absolute Gasteiger partial charge is 0.262 e. The molecule has 10 heteroatoms. The Kier molecular flexibility index (Phi) is 17.9. The van der Waals surface area contributed by atoms with Crippen molar-refractivity contribution in [3.63, 3.8) is 0 Å². The van der Waals surface area contributed by atoms with E-state index in [0.29, 0.717) is 29.0 Å². The lowest BCUT2D eigenvalue weighted by molar-refractivity contribution is -0.120. The summed E-state index contributed by atoms with van der Waals surface area (Å²) >= 11 is 0. The van der Waals surface area contributed by atoms with Crippen molar-refractivity contribution in [3.8, 4) is 0 Å². The van der Waals surface area contributed by atoms with Crippen LogP contribution in [0, 0.1) is 20.8 Å². The Balaban J connectivity index is 0.000000181. The summed E-state index contributed by atoms with van der Waals surface area (Å²) in [5, 5.41) is 3.97. The number of likely N-dealkylation sites (tertiary alicyclic amines) is 1. The first-order chi connectivity index (χ1) is 30.8. The molecule has 64 heavy (non-hydrogen) atoms. The molecule has 5 N–H and O–H groups in total. The lowest BCUT2D eigenvalue weighted by Crippen LogP contribution is -2.33. The van der Waals surface area contributed by atoms with Gasteiger partial charge in [0.05, 0.1) is 24.8 Å². The van der Waals surface area contributed by atoms with E-state index in [1.165, 1.54) is 43.5 Å². The monoisotopic (exact) mass is 861 g/mol. The van der Waals surface area contributed by atoms with Crippen molar-refractivity contribution in [2.45, 2.75) is 85.5 Å². The van der Waals surface area contributed by atoms with Crippen LogP contribution in [0.5, 0.6) is 0 Å². The zero-order chi connectivity index (χ0) is 46.2. The highest BCUT2D eigenvalue weighted by Gasteiger charge is 2.21. The number of benzene rings is 5. The Labute approximate surface area is 378 Å². The zero-order valence-electron chi connectivity index (χ0n) is 38.0. The van der Waals surface area contributed by atoms with E-state index in [4.69, 9.17) is 11.5 Å². The average Bonchev–Trinajstić information content (AvgIpc) is 3.56. The largest absolute Gasteiger partial charge is 0.369 e. The normalized spacial score (nSPS) is 12.4. The van der Waals surface area contributed by atoms with Gasteiger partial charge in [-0.15, -0.1) is 0 Å². The number of para-hydroxylation sites is 1. The van der Waals surface area contributed by atoms with Gasteiger partial charge in [0.25, 0.3) is 5.91 Å². The summed E-state index contributed by atoms with van der Waals surface area (Å²) < 4.78 is 1.66. The third kappa shape index (κ3) is 13.2. The van der Waals surface area contributed by atoms with E-state index < -0.39 is 11.8 Å². The van der Waals surface area contributed by atoms with E-state index >= 15 is 0 Å². The fourth-order valence-corrected chi connectivity index (χ4v) is 8.33. The molecule has 0 saturated carbocycles. The number of primary amides is 2. The molecule has 5 aromatic carbocycles. The van der Waals surface area contributed by atoms with Crippen LogP contribution >= 0.6 is 0 Å². The van der Waals surface area contributed by atoms with Crippen LogP contribution in [0.4, 0.5) is 0 Å². The number of amides is 3. The molecule has 0 spiro atoms. The molecule has 0 bridgehead atoms. The van der Waals surface area contributed by atoms with Crippen molar-refractivity contribution in [2.24, 2.45) is 11.5 Å². The molecule has 6 aromatic rings. The minimum absolute atomic E-state index is 0.0376. The predicted molar refractivity (Wildman–Crippen MR) is 257 cm³/mol. The standard InChI is InChI=1S/C20H32N2O.C18H16N2O2.C16H15NO2/c1-16(2)19-10-7-9-18(17(19)3)15-20(23)21-11-8-14-22-12-5-4-6-13-22;1-12-15(11-17(19)21)14-9-5-6-10-16(14)20(12)18(22)13-7-3-2-4-8-13;1-11-13(10-15(17)18)8-5-9-14(11)16(19)12-6-3-2-4-7-12/h7,9-10,16H,4-6,8,11-15H2,1-3H3,(H,21,23);2-10H,11H2,1H3,(H2,19,21);2-9H,10H2,1H3,(H2,17,18). The van der Waals surface area contributed by atoms with Crippen molar-refractivity contribution in [1.29, 1.82) is 0 Å². The minimum atomic E-state index is -0.404. The summed E-state index contributed by atoms with van der Waals surface area (Å²) in [6.45, 7) is 14.6. The molecule has 1 aromatic heterocycles. The van der Waals surface area contributed by atoms with Gasteiger partial charge in [-0.2, -0.15) is 0 Å². The highest BCUT2D eigenvalue weighted by molar-refractivity contribution is 6.10. The van der Waals surface area contributed by atoms with E-state index in [1.54, 1.807) is 41.0 Å². The first-order valence-corrected chi connectivity index (χ1v) is 22.3. The van der Waals surface area contributed by atoms with Crippen LogP contribution in [0.15, 0.2) is 121 Å². The van der Waals surface area contributed by atoms with Gasteiger partial charge in [0, 0.05) is 34.3 Å². The lowest BCUT2D eigenvalue weighted by Gasteiger charge is -2.26. The molecule has 3 amide bonds. The Bertz CT molecular complexity index is 2540. The molecule has 0 unspecified atom stereocenters. The van der Waals surface area contributed by atoms with Crippen LogP contribution in [-0.4, -0.2) is 65.1 Å². The number of piperidine rings is 1. The number of nitrogens with zero attached hydrogens (tertiary/aromatic N) is 2.